The van der Waals surface area contributed by atoms with Gasteiger partial charge in [-0.15, -0.1) is 0 Å². The highest BCUT2D eigenvalue weighted by molar-refractivity contribution is 6.00. The molecule has 27 heavy (non-hydrogen) atoms. The van der Waals surface area contributed by atoms with Crippen LogP contribution in [-0.4, -0.2) is 39.6 Å². The zero-order chi connectivity index (χ0) is 19.8. The Labute approximate surface area is 157 Å². The number of benzene rings is 1. The van der Waals surface area contributed by atoms with Gasteiger partial charge in [0.05, 0.1) is 17.7 Å². The molecule has 1 atom stereocenters. The number of hydrogen-bond donors (Lipinski definition) is 2. The normalized spacial score (nSPS) is 19.7. The number of Topliss-reactive ketones (excluding diaryl/α,β-unsaturated/α-hetero) is 1. The second-order valence-electron chi connectivity index (χ2n) is 6.92. The van der Waals surface area contributed by atoms with Crippen LogP contribution in [0.5, 0.6) is 0 Å². The van der Waals surface area contributed by atoms with Crippen LogP contribution in [-0.2, 0) is 16.8 Å². The second-order valence-corrected chi connectivity index (χ2v) is 6.92. The monoisotopic (exact) mass is 366 g/mol. The van der Waals surface area contributed by atoms with E-state index < -0.39 is 5.54 Å². The topological polar surface area (TPSA) is 128 Å². The van der Waals surface area contributed by atoms with E-state index in [4.69, 9.17) is 11.5 Å². The van der Waals surface area contributed by atoms with Gasteiger partial charge in [-0.3, -0.25) is 14.5 Å². The fourth-order valence-electron chi connectivity index (χ4n) is 3.07. The van der Waals surface area contributed by atoms with Crippen LogP contribution in [0.2, 0.25) is 0 Å². The number of nitrogens with two attached hydrogens (primary N) is 2. The van der Waals surface area contributed by atoms with Gasteiger partial charge in [-0.2, -0.15) is 0 Å². The van der Waals surface area contributed by atoms with Crippen LogP contribution in [0.25, 0.3) is 0 Å². The molecule has 0 radical (unpaired) electrons. The van der Waals surface area contributed by atoms with Crippen molar-refractivity contribution in [2.75, 3.05) is 12.8 Å². The molecule has 1 aliphatic heterocycles. The largest absolute Gasteiger partial charge is 0.382 e. The first-order valence-electron chi connectivity index (χ1n) is 8.53. The van der Waals surface area contributed by atoms with Crippen LogP contribution in [0.3, 0.4) is 0 Å². The summed E-state index contributed by atoms with van der Waals surface area (Å²) in [6.07, 6.45) is 1.85. The first-order chi connectivity index (χ1) is 12.7. The zero-order valence-corrected chi connectivity index (χ0v) is 15.6. The fourth-order valence-corrected chi connectivity index (χ4v) is 3.07. The molecular weight excluding hydrogens is 344 g/mol. The molecule has 8 nitrogen and oxygen atoms in total. The third-order valence-electron chi connectivity index (χ3n) is 4.67. The SMILES string of the molecule is Cc1cnc(C(=O)Cc2cccc(C3(C)CC(=O)N(C)C(N)=N3)c2)c(N)n1. The predicted octanol–water partition coefficient (Wildman–Crippen LogP) is 1.18. The van der Waals surface area contributed by atoms with Crippen molar-refractivity contribution in [2.24, 2.45) is 10.7 Å². The number of carbonyl (C=O) groups is 2. The molecule has 4 N–H and O–H groups in total. The van der Waals surface area contributed by atoms with Crippen LogP contribution in [0.4, 0.5) is 5.82 Å². The lowest BCUT2D eigenvalue weighted by Gasteiger charge is -2.33. The van der Waals surface area contributed by atoms with Crippen molar-refractivity contribution in [1.82, 2.24) is 14.9 Å². The number of aliphatic imine (C=N–C) groups is 1. The minimum Gasteiger partial charge on any atom is -0.382 e. The third kappa shape index (κ3) is 3.64. The number of amides is 1. The quantitative estimate of drug-likeness (QED) is 0.782. The first kappa shape index (κ1) is 18.5. The number of nitrogens with zero attached hydrogens (tertiary/aromatic N) is 4. The summed E-state index contributed by atoms with van der Waals surface area (Å²) in [5.74, 6) is -0.0155. The number of carbonyl (C=O) groups excluding carboxylic acids is 2. The molecule has 0 aliphatic carbocycles. The van der Waals surface area contributed by atoms with Crippen molar-refractivity contribution >= 4 is 23.5 Å². The molecule has 3 rings (SSSR count). The summed E-state index contributed by atoms with van der Waals surface area (Å²) in [6.45, 7) is 3.62. The van der Waals surface area contributed by atoms with E-state index in [2.05, 4.69) is 15.0 Å². The molecule has 1 amide bonds. The predicted molar refractivity (Wildman–Crippen MR) is 102 cm³/mol. The molecule has 1 aromatic heterocycles. The molecule has 8 heteroatoms. The van der Waals surface area contributed by atoms with Gasteiger partial charge in [0.2, 0.25) is 5.91 Å². The maximum atomic E-state index is 12.6. The van der Waals surface area contributed by atoms with Gasteiger partial charge < -0.3 is 11.5 Å². The first-order valence-corrected chi connectivity index (χ1v) is 8.53. The van der Waals surface area contributed by atoms with E-state index in [0.29, 0.717) is 5.69 Å². The Hall–Kier alpha value is -3.29. The molecule has 0 saturated carbocycles. The Morgan fingerprint density at radius 1 is 1.33 bits per heavy atom. The maximum absolute atomic E-state index is 12.6. The van der Waals surface area contributed by atoms with Gasteiger partial charge in [-0.1, -0.05) is 24.3 Å². The number of rotatable bonds is 4. The molecular formula is C19H22N6O2. The van der Waals surface area contributed by atoms with Crippen molar-refractivity contribution in [1.29, 1.82) is 0 Å². The van der Waals surface area contributed by atoms with E-state index in [9.17, 15) is 9.59 Å². The van der Waals surface area contributed by atoms with E-state index in [0.717, 1.165) is 11.1 Å². The second kappa shape index (κ2) is 6.79. The lowest BCUT2D eigenvalue weighted by Crippen LogP contribution is -2.47. The van der Waals surface area contributed by atoms with Gasteiger partial charge in [-0.05, 0) is 25.0 Å². The molecule has 1 unspecified atom stereocenters. The highest BCUT2D eigenvalue weighted by Crippen LogP contribution is 2.33. The van der Waals surface area contributed by atoms with Gasteiger partial charge in [0.25, 0.3) is 0 Å². The maximum Gasteiger partial charge on any atom is 0.231 e. The van der Waals surface area contributed by atoms with Gasteiger partial charge >= 0.3 is 0 Å². The van der Waals surface area contributed by atoms with E-state index in [1.165, 1.54) is 11.1 Å². The van der Waals surface area contributed by atoms with Gasteiger partial charge in [0.1, 0.15) is 5.69 Å². The molecule has 2 aromatic rings. The molecule has 0 saturated heterocycles. The molecule has 0 bridgehead atoms. The van der Waals surface area contributed by atoms with Gasteiger partial charge in [0, 0.05) is 19.7 Å². The van der Waals surface area contributed by atoms with Crippen LogP contribution in [0, 0.1) is 6.92 Å². The Kier molecular flexibility index (Phi) is 4.65. The molecule has 0 spiro atoms. The lowest BCUT2D eigenvalue weighted by molar-refractivity contribution is -0.128. The van der Waals surface area contributed by atoms with Crippen LogP contribution in [0.1, 0.15) is 40.7 Å². The molecule has 1 aromatic carbocycles. The highest BCUT2D eigenvalue weighted by Gasteiger charge is 2.36. The van der Waals surface area contributed by atoms with Crippen LogP contribution >= 0.6 is 0 Å². The highest BCUT2D eigenvalue weighted by atomic mass is 16.2. The number of hydrogen-bond acceptors (Lipinski definition) is 7. The van der Waals surface area contributed by atoms with E-state index in [1.807, 2.05) is 31.2 Å². The molecule has 2 heterocycles. The third-order valence-corrected chi connectivity index (χ3v) is 4.67. The summed E-state index contributed by atoms with van der Waals surface area (Å²) < 4.78 is 0. The van der Waals surface area contributed by atoms with E-state index >= 15 is 0 Å². The summed E-state index contributed by atoms with van der Waals surface area (Å²) in [7, 11) is 1.60. The summed E-state index contributed by atoms with van der Waals surface area (Å²) >= 11 is 0. The standard InChI is InChI=1S/C19H22N6O2/c1-11-10-22-16(17(20)23-11)14(26)8-12-5-4-6-13(7-12)19(2)9-15(27)25(3)18(21)24-19/h4-7,10H,8-9H2,1-3H3,(H2,20,23)(H2,21,24). The van der Waals surface area contributed by atoms with E-state index in [1.54, 1.807) is 14.0 Å². The number of nitrogen functional groups attached to an aromatic ring is 1. The van der Waals surface area contributed by atoms with Crippen molar-refractivity contribution < 1.29 is 9.59 Å². The molecule has 0 fully saturated rings. The number of ketones is 1. The summed E-state index contributed by atoms with van der Waals surface area (Å²) in [5, 5.41) is 0. The van der Waals surface area contributed by atoms with Gasteiger partial charge in [-0.25, -0.2) is 15.0 Å². The number of aryl methyl sites for hydroxylation is 1. The summed E-state index contributed by atoms with van der Waals surface area (Å²) in [5.41, 5.74) is 13.3. The Morgan fingerprint density at radius 3 is 2.74 bits per heavy atom. The van der Waals surface area contributed by atoms with Crippen molar-refractivity contribution in [3.8, 4) is 0 Å². The average Bonchev–Trinajstić information content (AvgIpc) is 2.59. The lowest BCUT2D eigenvalue weighted by atomic mass is 9.86. The van der Waals surface area contributed by atoms with Gasteiger partial charge in [0.15, 0.2) is 17.6 Å². The Balaban J connectivity index is 1.88. The minimum atomic E-state index is -0.768. The Bertz CT molecular complexity index is 955. The zero-order valence-electron chi connectivity index (χ0n) is 15.6. The van der Waals surface area contributed by atoms with Crippen molar-refractivity contribution in [3.05, 3.63) is 53.0 Å². The summed E-state index contributed by atoms with van der Waals surface area (Å²) in [4.78, 5) is 38.8. The number of anilines is 1. The Morgan fingerprint density at radius 2 is 2.07 bits per heavy atom. The van der Waals surface area contributed by atoms with Crippen LogP contribution < -0.4 is 11.5 Å². The van der Waals surface area contributed by atoms with Crippen molar-refractivity contribution in [2.45, 2.75) is 32.2 Å². The summed E-state index contributed by atoms with van der Waals surface area (Å²) in [6, 6.07) is 7.42. The molecule has 1 aliphatic rings. The van der Waals surface area contributed by atoms with Crippen LogP contribution in [0.15, 0.2) is 35.5 Å². The minimum absolute atomic E-state index is 0.103. The number of guanidine groups is 1. The fraction of sp³-hybridized carbons (Fsp3) is 0.316. The average molecular weight is 366 g/mol. The smallest absolute Gasteiger partial charge is 0.231 e. The molecule has 140 valence electrons. The van der Waals surface area contributed by atoms with E-state index in [-0.39, 0.29) is 42.0 Å². The number of aromatic nitrogens is 2. The van der Waals surface area contributed by atoms with Crippen molar-refractivity contribution in [3.63, 3.8) is 0 Å².